The fourth-order valence-electron chi connectivity index (χ4n) is 2.85. The van der Waals surface area contributed by atoms with Crippen LogP contribution in [0.5, 0.6) is 0 Å². The summed E-state index contributed by atoms with van der Waals surface area (Å²) in [4.78, 5) is 40.6. The Morgan fingerprint density at radius 1 is 1.42 bits per heavy atom. The van der Waals surface area contributed by atoms with Crippen molar-refractivity contribution in [1.82, 2.24) is 15.2 Å². The van der Waals surface area contributed by atoms with E-state index in [1.165, 1.54) is 18.3 Å². The molecule has 24 heavy (non-hydrogen) atoms. The van der Waals surface area contributed by atoms with E-state index in [2.05, 4.69) is 10.3 Å². The fourth-order valence-corrected chi connectivity index (χ4v) is 2.85. The summed E-state index contributed by atoms with van der Waals surface area (Å²) in [6.45, 7) is 3.74. The smallest absolute Gasteiger partial charge is 0.354 e. The summed E-state index contributed by atoms with van der Waals surface area (Å²) in [5, 5.41) is 11.9. The largest absolute Gasteiger partial charge is 0.477 e. The van der Waals surface area contributed by atoms with Crippen LogP contribution in [-0.4, -0.2) is 52.4 Å². The van der Waals surface area contributed by atoms with Crippen LogP contribution in [0, 0.1) is 5.92 Å². The molecule has 1 unspecified atom stereocenters. The van der Waals surface area contributed by atoms with Gasteiger partial charge in [-0.25, -0.2) is 9.78 Å². The third kappa shape index (κ3) is 4.78. The van der Waals surface area contributed by atoms with Crippen LogP contribution in [0.3, 0.4) is 0 Å². The highest BCUT2D eigenvalue weighted by Crippen LogP contribution is 2.18. The second kappa shape index (κ2) is 8.42. The molecular formula is C17H23N3O4. The van der Waals surface area contributed by atoms with E-state index in [0.717, 1.165) is 19.3 Å². The van der Waals surface area contributed by atoms with Crippen molar-refractivity contribution in [2.24, 2.45) is 5.92 Å². The number of amides is 2. The number of aromatic carboxylic acids is 1. The van der Waals surface area contributed by atoms with Gasteiger partial charge in [0.2, 0.25) is 5.91 Å². The van der Waals surface area contributed by atoms with Crippen molar-refractivity contribution in [3.05, 3.63) is 29.6 Å². The number of pyridine rings is 1. The molecule has 7 heteroatoms. The molecule has 0 saturated carbocycles. The first-order chi connectivity index (χ1) is 11.5. The highest BCUT2D eigenvalue weighted by atomic mass is 16.4. The van der Waals surface area contributed by atoms with Crippen molar-refractivity contribution in [3.8, 4) is 0 Å². The molecule has 2 rings (SSSR count). The molecular weight excluding hydrogens is 310 g/mol. The van der Waals surface area contributed by atoms with Crippen molar-refractivity contribution in [1.29, 1.82) is 0 Å². The van der Waals surface area contributed by atoms with Crippen LogP contribution >= 0.6 is 0 Å². The van der Waals surface area contributed by atoms with E-state index in [1.807, 2.05) is 6.92 Å². The molecule has 0 spiro atoms. The van der Waals surface area contributed by atoms with E-state index >= 15 is 0 Å². The Bertz CT molecular complexity index is 618. The number of carboxylic acid groups (broad SMARTS) is 1. The van der Waals surface area contributed by atoms with Gasteiger partial charge in [0.1, 0.15) is 5.69 Å². The minimum absolute atomic E-state index is 0.0428. The lowest BCUT2D eigenvalue weighted by Gasteiger charge is -2.33. The summed E-state index contributed by atoms with van der Waals surface area (Å²) >= 11 is 0. The molecule has 1 fully saturated rings. The number of hydrogen-bond acceptors (Lipinski definition) is 4. The summed E-state index contributed by atoms with van der Waals surface area (Å²) in [5.41, 5.74) is 0.194. The van der Waals surface area contributed by atoms with Crippen molar-refractivity contribution >= 4 is 17.8 Å². The van der Waals surface area contributed by atoms with E-state index in [4.69, 9.17) is 5.11 Å². The molecule has 7 nitrogen and oxygen atoms in total. The SMILES string of the molecule is CCCC(=O)NCC1CCCN(C(=O)c2ccnc(C(=O)O)c2)C1. The molecule has 1 aliphatic heterocycles. The van der Waals surface area contributed by atoms with Gasteiger partial charge in [-0.05, 0) is 37.3 Å². The van der Waals surface area contributed by atoms with Crippen molar-refractivity contribution < 1.29 is 19.5 Å². The molecule has 130 valence electrons. The van der Waals surface area contributed by atoms with Crippen LogP contribution in [0.1, 0.15) is 53.5 Å². The number of hydrogen-bond donors (Lipinski definition) is 2. The Morgan fingerprint density at radius 2 is 2.21 bits per heavy atom. The average molecular weight is 333 g/mol. The quantitative estimate of drug-likeness (QED) is 0.823. The Balaban J connectivity index is 1.96. The normalized spacial score (nSPS) is 17.4. The molecule has 0 radical (unpaired) electrons. The lowest BCUT2D eigenvalue weighted by atomic mass is 9.97. The first-order valence-corrected chi connectivity index (χ1v) is 8.26. The minimum Gasteiger partial charge on any atom is -0.477 e. The van der Waals surface area contributed by atoms with Gasteiger partial charge in [0.25, 0.3) is 5.91 Å². The van der Waals surface area contributed by atoms with Crippen molar-refractivity contribution in [2.75, 3.05) is 19.6 Å². The Kier molecular flexibility index (Phi) is 6.28. The van der Waals surface area contributed by atoms with Crippen LogP contribution in [0.15, 0.2) is 18.3 Å². The third-order valence-electron chi connectivity index (χ3n) is 4.10. The lowest BCUT2D eigenvalue weighted by molar-refractivity contribution is -0.121. The fraction of sp³-hybridized carbons (Fsp3) is 0.529. The molecule has 2 amide bonds. The highest BCUT2D eigenvalue weighted by Gasteiger charge is 2.25. The Labute approximate surface area is 141 Å². The first kappa shape index (κ1) is 17.9. The first-order valence-electron chi connectivity index (χ1n) is 8.26. The van der Waals surface area contributed by atoms with Gasteiger partial charge >= 0.3 is 5.97 Å². The second-order valence-corrected chi connectivity index (χ2v) is 6.05. The zero-order chi connectivity index (χ0) is 17.5. The highest BCUT2D eigenvalue weighted by molar-refractivity contribution is 5.96. The monoisotopic (exact) mass is 333 g/mol. The maximum absolute atomic E-state index is 12.6. The predicted molar refractivity (Wildman–Crippen MR) is 87.7 cm³/mol. The maximum Gasteiger partial charge on any atom is 0.354 e. The summed E-state index contributed by atoms with van der Waals surface area (Å²) in [5.74, 6) is -1.07. The summed E-state index contributed by atoms with van der Waals surface area (Å²) < 4.78 is 0. The molecule has 0 bridgehead atoms. The number of piperidine rings is 1. The van der Waals surface area contributed by atoms with Crippen LogP contribution < -0.4 is 5.32 Å². The molecule has 0 aliphatic carbocycles. The van der Waals surface area contributed by atoms with Crippen LogP contribution in [0.25, 0.3) is 0 Å². The number of nitrogens with zero attached hydrogens (tertiary/aromatic N) is 2. The molecule has 0 aromatic carbocycles. The maximum atomic E-state index is 12.6. The van der Waals surface area contributed by atoms with Gasteiger partial charge in [0.15, 0.2) is 0 Å². The molecule has 1 aromatic heterocycles. The zero-order valence-corrected chi connectivity index (χ0v) is 13.8. The van der Waals surface area contributed by atoms with Gasteiger partial charge in [-0.2, -0.15) is 0 Å². The predicted octanol–water partition coefficient (Wildman–Crippen LogP) is 1.55. The number of carboxylic acids is 1. The van der Waals surface area contributed by atoms with Crippen LogP contribution in [0.2, 0.25) is 0 Å². The van der Waals surface area contributed by atoms with E-state index in [1.54, 1.807) is 4.90 Å². The summed E-state index contributed by atoms with van der Waals surface area (Å²) in [7, 11) is 0. The van der Waals surface area contributed by atoms with E-state index in [9.17, 15) is 14.4 Å². The van der Waals surface area contributed by atoms with Crippen LogP contribution in [0.4, 0.5) is 0 Å². The number of likely N-dealkylation sites (tertiary alicyclic amines) is 1. The topological polar surface area (TPSA) is 99.6 Å². The standard InChI is InChI=1S/C17H23N3O4/c1-2-4-15(21)19-10-12-5-3-8-20(11-12)16(22)13-6-7-18-14(9-13)17(23)24/h6-7,9,12H,2-5,8,10-11H2,1H3,(H,19,21)(H,23,24). The molecule has 1 aliphatic rings. The Hall–Kier alpha value is -2.44. The minimum atomic E-state index is -1.15. The van der Waals surface area contributed by atoms with Gasteiger partial charge in [0, 0.05) is 37.8 Å². The third-order valence-corrected chi connectivity index (χ3v) is 4.10. The summed E-state index contributed by atoms with van der Waals surface area (Å²) in [6.07, 6.45) is 4.51. The van der Waals surface area contributed by atoms with Gasteiger partial charge in [-0.15, -0.1) is 0 Å². The zero-order valence-electron chi connectivity index (χ0n) is 13.8. The van der Waals surface area contributed by atoms with E-state index in [0.29, 0.717) is 31.6 Å². The molecule has 1 aromatic rings. The van der Waals surface area contributed by atoms with E-state index < -0.39 is 5.97 Å². The lowest BCUT2D eigenvalue weighted by Crippen LogP contribution is -2.43. The van der Waals surface area contributed by atoms with Crippen molar-refractivity contribution in [3.63, 3.8) is 0 Å². The van der Waals surface area contributed by atoms with E-state index in [-0.39, 0.29) is 23.4 Å². The second-order valence-electron chi connectivity index (χ2n) is 6.05. The number of rotatable bonds is 6. The average Bonchev–Trinajstić information content (AvgIpc) is 2.60. The molecule has 2 heterocycles. The van der Waals surface area contributed by atoms with Gasteiger partial charge in [0.05, 0.1) is 0 Å². The Morgan fingerprint density at radius 3 is 2.92 bits per heavy atom. The number of carbonyl (C=O) groups is 3. The number of nitrogens with one attached hydrogen (secondary N) is 1. The van der Waals surface area contributed by atoms with Gasteiger partial charge in [-0.1, -0.05) is 6.92 Å². The molecule has 1 atom stereocenters. The van der Waals surface area contributed by atoms with Crippen molar-refractivity contribution in [2.45, 2.75) is 32.6 Å². The van der Waals surface area contributed by atoms with Crippen LogP contribution in [-0.2, 0) is 4.79 Å². The van der Waals surface area contributed by atoms with Gasteiger partial charge in [-0.3, -0.25) is 9.59 Å². The molecule has 1 saturated heterocycles. The molecule has 2 N–H and O–H groups in total. The number of aromatic nitrogens is 1. The number of carbonyl (C=O) groups excluding carboxylic acids is 2. The van der Waals surface area contributed by atoms with Gasteiger partial charge < -0.3 is 15.3 Å². The summed E-state index contributed by atoms with van der Waals surface area (Å²) in [6, 6.07) is 2.83.